The van der Waals surface area contributed by atoms with Crippen molar-refractivity contribution >= 4 is 17.4 Å². The third kappa shape index (κ3) is 4.15. The number of nitrogens with zero attached hydrogens (tertiary/aromatic N) is 5. The van der Waals surface area contributed by atoms with Crippen LogP contribution in [0.15, 0.2) is 12.1 Å². The van der Waals surface area contributed by atoms with E-state index in [1.807, 2.05) is 30.6 Å². The molecule has 0 spiro atoms. The minimum Gasteiger partial charge on any atom is -0.369 e. The number of carbonyl (C=O) groups excluding carboxylic acids is 1. The summed E-state index contributed by atoms with van der Waals surface area (Å²) in [6, 6.07) is 2.64. The minimum absolute atomic E-state index is 0.142. The van der Waals surface area contributed by atoms with Gasteiger partial charge in [0.2, 0.25) is 5.91 Å². The smallest absolute Gasteiger partial charge is 0.369 e. The molecule has 1 aliphatic heterocycles. The second-order valence-corrected chi connectivity index (χ2v) is 7.78. The molecule has 27 heavy (non-hydrogen) atoms. The zero-order chi connectivity index (χ0) is 20.0. The number of primary amides is 1. The lowest BCUT2D eigenvalue weighted by molar-refractivity contribution is -0.141. The summed E-state index contributed by atoms with van der Waals surface area (Å²) in [6.45, 7) is 7.97. The van der Waals surface area contributed by atoms with E-state index >= 15 is 0 Å². The molecule has 10 heteroatoms. The number of piperazine rings is 1. The monoisotopic (exact) mass is 384 g/mol. The Bertz CT molecular complexity index is 847. The fourth-order valence-corrected chi connectivity index (χ4v) is 3.05. The van der Waals surface area contributed by atoms with Crippen LogP contribution < -0.4 is 10.6 Å². The molecule has 1 saturated heterocycles. The third-order valence-corrected chi connectivity index (χ3v) is 4.54. The Balaban J connectivity index is 2.00. The van der Waals surface area contributed by atoms with E-state index in [2.05, 4.69) is 10.1 Å². The third-order valence-electron chi connectivity index (χ3n) is 4.54. The summed E-state index contributed by atoms with van der Waals surface area (Å²) in [5.74, 6) is -0.0717. The van der Waals surface area contributed by atoms with Gasteiger partial charge in [0.25, 0.3) is 0 Å². The number of alkyl halides is 3. The van der Waals surface area contributed by atoms with Gasteiger partial charge in [-0.25, -0.2) is 4.98 Å². The number of halogens is 3. The molecular weight excluding hydrogens is 361 g/mol. The molecule has 0 bridgehead atoms. The van der Waals surface area contributed by atoms with Gasteiger partial charge in [-0.2, -0.15) is 22.8 Å². The highest BCUT2D eigenvalue weighted by Crippen LogP contribution is 2.32. The van der Waals surface area contributed by atoms with Gasteiger partial charge in [0.15, 0.2) is 11.3 Å². The number of hydrogen-bond acceptors (Lipinski definition) is 5. The second-order valence-electron chi connectivity index (χ2n) is 7.78. The Morgan fingerprint density at radius 2 is 1.74 bits per heavy atom. The molecule has 7 nitrogen and oxygen atoms in total. The molecule has 0 aromatic carbocycles. The van der Waals surface area contributed by atoms with Gasteiger partial charge < -0.3 is 10.6 Å². The number of aromatic nitrogens is 3. The number of carbonyl (C=O) groups is 1. The summed E-state index contributed by atoms with van der Waals surface area (Å²) in [4.78, 5) is 18.5. The van der Waals surface area contributed by atoms with Gasteiger partial charge in [-0.15, -0.1) is 0 Å². The van der Waals surface area contributed by atoms with E-state index in [9.17, 15) is 18.0 Å². The predicted molar refractivity (Wildman–Crippen MR) is 94.5 cm³/mol. The molecule has 0 atom stereocenters. The van der Waals surface area contributed by atoms with E-state index in [1.165, 1.54) is 4.52 Å². The van der Waals surface area contributed by atoms with Crippen LogP contribution in [0.25, 0.3) is 5.65 Å². The predicted octanol–water partition coefficient (Wildman–Crippen LogP) is 1.65. The highest BCUT2D eigenvalue weighted by Gasteiger charge is 2.35. The van der Waals surface area contributed by atoms with E-state index in [-0.39, 0.29) is 17.6 Å². The van der Waals surface area contributed by atoms with Crippen LogP contribution in [0.5, 0.6) is 0 Å². The fourth-order valence-electron chi connectivity index (χ4n) is 3.05. The van der Waals surface area contributed by atoms with E-state index in [0.29, 0.717) is 37.7 Å². The summed E-state index contributed by atoms with van der Waals surface area (Å²) in [7, 11) is 0. The number of nitrogens with two attached hydrogens (primary N) is 1. The average molecular weight is 384 g/mol. The zero-order valence-electron chi connectivity index (χ0n) is 15.5. The Morgan fingerprint density at radius 3 is 2.26 bits per heavy atom. The first-order chi connectivity index (χ1) is 12.4. The first-order valence-corrected chi connectivity index (χ1v) is 8.69. The van der Waals surface area contributed by atoms with Crippen LogP contribution in [0.4, 0.5) is 19.0 Å². The topological polar surface area (TPSA) is 79.8 Å². The molecule has 3 heterocycles. The SMILES string of the molecule is CC(C)(C)c1cc2nc(C(F)(F)F)cc(N3CCN(CC(N)=O)CC3)n2n1. The maximum atomic E-state index is 13.3. The standard InChI is InChI=1S/C17H23F3N6O/c1-16(2,3)11-8-14-22-12(17(18,19)20)9-15(26(14)23-11)25-6-4-24(5-7-25)10-13(21)27/h8-9H,4-7,10H2,1-3H3,(H2,21,27). The lowest BCUT2D eigenvalue weighted by Crippen LogP contribution is -2.49. The fraction of sp³-hybridized carbons (Fsp3) is 0.588. The highest BCUT2D eigenvalue weighted by molar-refractivity contribution is 5.76. The van der Waals surface area contributed by atoms with Crippen molar-refractivity contribution < 1.29 is 18.0 Å². The summed E-state index contributed by atoms with van der Waals surface area (Å²) >= 11 is 0. The normalized spacial score (nSPS) is 16.9. The number of anilines is 1. The first kappa shape index (κ1) is 19.4. The molecule has 1 aliphatic rings. The van der Waals surface area contributed by atoms with Gasteiger partial charge in [-0.1, -0.05) is 20.8 Å². The van der Waals surface area contributed by atoms with Crippen molar-refractivity contribution in [3.63, 3.8) is 0 Å². The molecule has 0 saturated carbocycles. The van der Waals surface area contributed by atoms with Crippen molar-refractivity contribution in [1.82, 2.24) is 19.5 Å². The molecule has 3 rings (SSSR count). The summed E-state index contributed by atoms with van der Waals surface area (Å²) in [6.07, 6.45) is -4.55. The molecule has 2 aromatic heterocycles. The molecule has 2 aromatic rings. The molecule has 0 unspecified atom stereocenters. The van der Waals surface area contributed by atoms with E-state index in [1.54, 1.807) is 6.07 Å². The Morgan fingerprint density at radius 1 is 1.11 bits per heavy atom. The van der Waals surface area contributed by atoms with Crippen molar-refractivity contribution in [3.05, 3.63) is 23.5 Å². The molecule has 0 aliphatic carbocycles. The van der Waals surface area contributed by atoms with Crippen LogP contribution in [0.1, 0.15) is 32.2 Å². The van der Waals surface area contributed by atoms with Crippen LogP contribution in [0.3, 0.4) is 0 Å². The van der Waals surface area contributed by atoms with Gasteiger partial charge in [0.1, 0.15) is 5.82 Å². The number of amides is 1. The number of rotatable bonds is 3. The summed E-state index contributed by atoms with van der Waals surface area (Å²) < 4.78 is 41.5. The zero-order valence-corrected chi connectivity index (χ0v) is 15.5. The largest absolute Gasteiger partial charge is 0.433 e. The van der Waals surface area contributed by atoms with Crippen LogP contribution in [-0.4, -0.2) is 58.1 Å². The quantitative estimate of drug-likeness (QED) is 0.871. The second kappa shape index (κ2) is 6.66. The molecular formula is C17H23F3N6O. The van der Waals surface area contributed by atoms with Crippen molar-refractivity contribution in [2.45, 2.75) is 32.4 Å². The molecule has 1 fully saturated rings. The molecule has 1 amide bonds. The highest BCUT2D eigenvalue weighted by atomic mass is 19.4. The number of fused-ring (bicyclic) bond motifs is 1. The van der Waals surface area contributed by atoms with Crippen LogP contribution in [-0.2, 0) is 16.4 Å². The van der Waals surface area contributed by atoms with Crippen LogP contribution in [0.2, 0.25) is 0 Å². The number of hydrogen-bond donors (Lipinski definition) is 1. The summed E-state index contributed by atoms with van der Waals surface area (Å²) in [5, 5.41) is 4.51. The van der Waals surface area contributed by atoms with Gasteiger partial charge in [-0.3, -0.25) is 9.69 Å². The van der Waals surface area contributed by atoms with Crippen molar-refractivity contribution in [1.29, 1.82) is 0 Å². The summed E-state index contributed by atoms with van der Waals surface area (Å²) in [5.41, 5.74) is 4.80. The lowest BCUT2D eigenvalue weighted by atomic mass is 9.93. The minimum atomic E-state index is -4.55. The van der Waals surface area contributed by atoms with Crippen molar-refractivity contribution in [2.24, 2.45) is 5.73 Å². The average Bonchev–Trinajstić information content (AvgIpc) is 2.98. The maximum Gasteiger partial charge on any atom is 0.433 e. The van der Waals surface area contributed by atoms with Crippen molar-refractivity contribution in [2.75, 3.05) is 37.6 Å². The van der Waals surface area contributed by atoms with Gasteiger partial charge in [0, 0.05) is 43.7 Å². The lowest BCUT2D eigenvalue weighted by Gasteiger charge is -2.35. The van der Waals surface area contributed by atoms with Gasteiger partial charge in [-0.05, 0) is 0 Å². The first-order valence-electron chi connectivity index (χ1n) is 8.69. The van der Waals surface area contributed by atoms with E-state index < -0.39 is 17.8 Å². The van der Waals surface area contributed by atoms with Crippen LogP contribution in [0, 0.1) is 0 Å². The maximum absolute atomic E-state index is 13.3. The Kier molecular flexibility index (Phi) is 4.79. The molecule has 0 radical (unpaired) electrons. The van der Waals surface area contributed by atoms with E-state index in [0.717, 1.165) is 6.07 Å². The van der Waals surface area contributed by atoms with Gasteiger partial charge in [0.05, 0.1) is 12.2 Å². The Hall–Kier alpha value is -2.36. The Labute approximate surface area is 154 Å². The molecule has 2 N–H and O–H groups in total. The molecule has 148 valence electrons. The van der Waals surface area contributed by atoms with Gasteiger partial charge >= 0.3 is 6.18 Å². The van der Waals surface area contributed by atoms with Crippen LogP contribution >= 0.6 is 0 Å². The van der Waals surface area contributed by atoms with Crippen molar-refractivity contribution in [3.8, 4) is 0 Å². The van der Waals surface area contributed by atoms with E-state index in [4.69, 9.17) is 5.73 Å².